The van der Waals surface area contributed by atoms with E-state index in [1.54, 1.807) is 18.3 Å². The number of nitrogen functional groups attached to an aromatic ring is 1. The van der Waals surface area contributed by atoms with Crippen molar-refractivity contribution in [3.05, 3.63) is 53.7 Å². The number of nitrogens with zero attached hydrogens (tertiary/aromatic N) is 2. The second-order valence-electron chi connectivity index (χ2n) is 3.80. The predicted octanol–water partition coefficient (Wildman–Crippen LogP) is 1.44. The summed E-state index contributed by atoms with van der Waals surface area (Å²) in [5, 5.41) is 0. The number of hydrogen-bond donors (Lipinski definition) is 2. The van der Waals surface area contributed by atoms with E-state index in [-0.39, 0.29) is 11.9 Å². The molecule has 0 aliphatic rings. The third-order valence-electron chi connectivity index (χ3n) is 2.43. The van der Waals surface area contributed by atoms with Crippen LogP contribution in [0.3, 0.4) is 0 Å². The van der Waals surface area contributed by atoms with E-state index < -0.39 is 0 Å². The fourth-order valence-electron chi connectivity index (χ4n) is 1.59. The summed E-state index contributed by atoms with van der Waals surface area (Å²) < 4.78 is 12.7. The lowest BCUT2D eigenvalue weighted by Gasteiger charge is -2.11. The third-order valence-corrected chi connectivity index (χ3v) is 2.43. The Balaban J connectivity index is 2.11. The Morgan fingerprint density at radius 1 is 1.24 bits per heavy atom. The van der Waals surface area contributed by atoms with Gasteiger partial charge in [0.25, 0.3) is 0 Å². The monoisotopic (exact) mass is 232 g/mol. The van der Waals surface area contributed by atoms with Gasteiger partial charge in [0.1, 0.15) is 11.6 Å². The van der Waals surface area contributed by atoms with E-state index in [1.165, 1.54) is 6.07 Å². The fourth-order valence-corrected chi connectivity index (χ4v) is 1.59. The third kappa shape index (κ3) is 2.98. The molecule has 17 heavy (non-hydrogen) atoms. The summed E-state index contributed by atoms with van der Waals surface area (Å²) in [6, 6.07) is 6.27. The molecule has 0 amide bonds. The van der Waals surface area contributed by atoms with Gasteiger partial charge in [-0.15, -0.1) is 0 Å². The van der Waals surface area contributed by atoms with Gasteiger partial charge in [-0.25, -0.2) is 9.37 Å². The molecule has 0 saturated carbocycles. The van der Waals surface area contributed by atoms with E-state index in [1.807, 2.05) is 6.07 Å². The molecule has 2 heterocycles. The number of aromatic nitrogens is 2. The molecule has 0 aliphatic carbocycles. The summed E-state index contributed by atoms with van der Waals surface area (Å²) in [5.74, 6) is 0.0934. The van der Waals surface area contributed by atoms with Crippen LogP contribution in [0.1, 0.15) is 17.3 Å². The van der Waals surface area contributed by atoms with E-state index in [0.29, 0.717) is 17.9 Å². The Morgan fingerprint density at radius 2 is 2.06 bits per heavy atom. The number of hydrogen-bond acceptors (Lipinski definition) is 4. The maximum absolute atomic E-state index is 12.7. The topological polar surface area (TPSA) is 77.8 Å². The summed E-state index contributed by atoms with van der Waals surface area (Å²) in [4.78, 5) is 7.85. The van der Waals surface area contributed by atoms with Crippen molar-refractivity contribution in [1.82, 2.24) is 9.97 Å². The highest BCUT2D eigenvalue weighted by atomic mass is 19.1. The molecule has 0 fully saturated rings. The van der Waals surface area contributed by atoms with Crippen molar-refractivity contribution in [1.29, 1.82) is 0 Å². The Labute approximate surface area is 98.5 Å². The Kier molecular flexibility index (Phi) is 3.30. The van der Waals surface area contributed by atoms with Crippen LogP contribution < -0.4 is 11.5 Å². The van der Waals surface area contributed by atoms with Crippen molar-refractivity contribution >= 4 is 5.82 Å². The van der Waals surface area contributed by atoms with Crippen LogP contribution in [0.15, 0.2) is 36.7 Å². The van der Waals surface area contributed by atoms with Crippen molar-refractivity contribution in [3.8, 4) is 0 Å². The first kappa shape index (κ1) is 11.5. The van der Waals surface area contributed by atoms with Crippen LogP contribution in [-0.4, -0.2) is 9.97 Å². The van der Waals surface area contributed by atoms with Gasteiger partial charge in [0.05, 0.1) is 17.9 Å². The standard InChI is InChI=1S/C12H13FN4/c13-9-1-2-11(17-7-9)10(14)5-8-3-4-16-12(15)6-8/h1-4,6-7,10H,5,14H2,(H2,15,16). The molecule has 4 nitrogen and oxygen atoms in total. The molecule has 0 aliphatic heterocycles. The minimum absolute atomic E-state index is 0.280. The number of halogens is 1. The molecule has 1 unspecified atom stereocenters. The molecule has 2 aromatic rings. The van der Waals surface area contributed by atoms with Crippen molar-refractivity contribution < 1.29 is 4.39 Å². The lowest BCUT2D eigenvalue weighted by molar-refractivity contribution is 0.612. The first-order valence-electron chi connectivity index (χ1n) is 5.22. The molecular weight excluding hydrogens is 219 g/mol. The van der Waals surface area contributed by atoms with Gasteiger partial charge in [-0.1, -0.05) is 0 Å². The van der Waals surface area contributed by atoms with Gasteiger partial charge in [0.2, 0.25) is 0 Å². The minimum Gasteiger partial charge on any atom is -0.384 e. The second-order valence-corrected chi connectivity index (χ2v) is 3.80. The highest BCUT2D eigenvalue weighted by molar-refractivity contribution is 5.32. The van der Waals surface area contributed by atoms with E-state index in [9.17, 15) is 4.39 Å². The SMILES string of the molecule is Nc1cc(CC(N)c2ccc(F)cn2)ccn1. The number of rotatable bonds is 3. The summed E-state index contributed by atoms with van der Waals surface area (Å²) in [5.41, 5.74) is 13.2. The molecule has 88 valence electrons. The van der Waals surface area contributed by atoms with Crippen LogP contribution in [0.25, 0.3) is 0 Å². The highest BCUT2D eigenvalue weighted by Gasteiger charge is 2.09. The fraction of sp³-hybridized carbons (Fsp3) is 0.167. The van der Waals surface area contributed by atoms with Gasteiger partial charge in [0, 0.05) is 6.20 Å². The quantitative estimate of drug-likeness (QED) is 0.839. The van der Waals surface area contributed by atoms with Gasteiger partial charge in [-0.05, 0) is 36.2 Å². The molecule has 1 atom stereocenters. The van der Waals surface area contributed by atoms with Crippen LogP contribution >= 0.6 is 0 Å². The summed E-state index contributed by atoms with van der Waals surface area (Å²) in [6.45, 7) is 0. The number of anilines is 1. The molecule has 2 aromatic heterocycles. The molecular formula is C12H13FN4. The van der Waals surface area contributed by atoms with Crippen molar-refractivity contribution in [2.75, 3.05) is 5.73 Å². The van der Waals surface area contributed by atoms with E-state index in [2.05, 4.69) is 9.97 Å². The van der Waals surface area contributed by atoms with Gasteiger partial charge in [0.15, 0.2) is 0 Å². The lowest BCUT2D eigenvalue weighted by atomic mass is 10.0. The van der Waals surface area contributed by atoms with E-state index in [4.69, 9.17) is 11.5 Å². The normalized spacial score (nSPS) is 12.4. The molecule has 0 bridgehead atoms. The van der Waals surface area contributed by atoms with Crippen molar-refractivity contribution in [3.63, 3.8) is 0 Å². The lowest BCUT2D eigenvalue weighted by Crippen LogP contribution is -2.15. The first-order chi connectivity index (χ1) is 8.15. The van der Waals surface area contributed by atoms with Crippen LogP contribution in [-0.2, 0) is 6.42 Å². The van der Waals surface area contributed by atoms with Crippen LogP contribution in [0.2, 0.25) is 0 Å². The predicted molar refractivity (Wildman–Crippen MR) is 63.5 cm³/mol. The number of pyridine rings is 2. The maximum Gasteiger partial charge on any atom is 0.141 e. The minimum atomic E-state index is -0.367. The molecule has 4 N–H and O–H groups in total. The molecule has 2 rings (SSSR count). The van der Waals surface area contributed by atoms with Gasteiger partial charge < -0.3 is 11.5 Å². The zero-order valence-corrected chi connectivity index (χ0v) is 9.18. The van der Waals surface area contributed by atoms with Crippen LogP contribution in [0, 0.1) is 5.82 Å². The maximum atomic E-state index is 12.7. The second kappa shape index (κ2) is 4.88. The van der Waals surface area contributed by atoms with Gasteiger partial charge in [-0.3, -0.25) is 4.98 Å². The van der Waals surface area contributed by atoms with Crippen molar-refractivity contribution in [2.45, 2.75) is 12.5 Å². The number of nitrogens with two attached hydrogens (primary N) is 2. The summed E-state index contributed by atoms with van der Waals surface area (Å²) in [7, 11) is 0. The Hall–Kier alpha value is -2.01. The average molecular weight is 232 g/mol. The Bertz CT molecular complexity index is 498. The molecule has 0 radical (unpaired) electrons. The highest BCUT2D eigenvalue weighted by Crippen LogP contribution is 2.15. The average Bonchev–Trinajstić information content (AvgIpc) is 2.29. The van der Waals surface area contributed by atoms with Crippen LogP contribution in [0.4, 0.5) is 10.2 Å². The smallest absolute Gasteiger partial charge is 0.141 e. The zero-order valence-electron chi connectivity index (χ0n) is 9.18. The molecule has 5 heteroatoms. The van der Waals surface area contributed by atoms with Crippen molar-refractivity contribution in [2.24, 2.45) is 5.73 Å². The molecule has 0 aromatic carbocycles. The Morgan fingerprint density at radius 3 is 2.71 bits per heavy atom. The largest absolute Gasteiger partial charge is 0.384 e. The van der Waals surface area contributed by atoms with Gasteiger partial charge >= 0.3 is 0 Å². The first-order valence-corrected chi connectivity index (χ1v) is 5.22. The molecule has 0 spiro atoms. The zero-order chi connectivity index (χ0) is 12.3. The summed E-state index contributed by atoms with van der Waals surface area (Å²) >= 11 is 0. The van der Waals surface area contributed by atoms with Gasteiger partial charge in [-0.2, -0.15) is 0 Å². The van der Waals surface area contributed by atoms with E-state index >= 15 is 0 Å². The van der Waals surface area contributed by atoms with Crippen LogP contribution in [0.5, 0.6) is 0 Å². The van der Waals surface area contributed by atoms with E-state index in [0.717, 1.165) is 11.8 Å². The molecule has 0 saturated heterocycles. The summed E-state index contributed by atoms with van der Waals surface area (Å²) in [6.07, 6.45) is 3.39.